The maximum Gasteiger partial charge on any atom is 0.303 e. The van der Waals surface area contributed by atoms with Crippen LogP contribution in [0.25, 0.3) is 0 Å². The van der Waals surface area contributed by atoms with Crippen LogP contribution in [0.4, 0.5) is 0 Å². The van der Waals surface area contributed by atoms with Gasteiger partial charge in [-0.05, 0) is 29.9 Å². The maximum absolute atomic E-state index is 10.4. The summed E-state index contributed by atoms with van der Waals surface area (Å²) in [6.45, 7) is 4.05. The van der Waals surface area contributed by atoms with Crippen molar-refractivity contribution < 1.29 is 15.0 Å². The number of aromatic hydroxyl groups is 1. The highest BCUT2D eigenvalue weighted by Gasteiger charge is 2.09. The number of hydrogen-bond acceptors (Lipinski definition) is 2. The van der Waals surface area contributed by atoms with Crippen molar-refractivity contribution in [2.45, 2.75) is 39.0 Å². The lowest BCUT2D eigenvalue weighted by Gasteiger charge is -2.11. The van der Waals surface area contributed by atoms with Crippen LogP contribution in [0.1, 0.15) is 43.7 Å². The molecular formula is C13H18O3. The van der Waals surface area contributed by atoms with E-state index in [2.05, 4.69) is 0 Å². The van der Waals surface area contributed by atoms with Crippen molar-refractivity contribution in [3.05, 3.63) is 29.3 Å². The molecule has 0 radical (unpaired) electrons. The molecule has 1 aromatic carbocycles. The van der Waals surface area contributed by atoms with Crippen LogP contribution in [0.2, 0.25) is 0 Å². The molecule has 0 atom stereocenters. The standard InChI is InChI=1S/C13H18O3/c1-9(2)11-7-3-5-10(13(11)16)6-4-8-12(14)15/h3,5,7,9,16H,4,6,8H2,1-2H3,(H,14,15). The molecule has 0 fully saturated rings. The van der Waals surface area contributed by atoms with Crippen LogP contribution >= 0.6 is 0 Å². The number of aryl methyl sites for hydroxylation is 1. The summed E-state index contributed by atoms with van der Waals surface area (Å²) in [7, 11) is 0. The summed E-state index contributed by atoms with van der Waals surface area (Å²) in [5.41, 5.74) is 1.76. The number of rotatable bonds is 5. The molecule has 0 saturated heterocycles. The Labute approximate surface area is 95.7 Å². The molecule has 0 amide bonds. The molecule has 3 nitrogen and oxygen atoms in total. The molecule has 0 aliphatic carbocycles. The Balaban J connectivity index is 2.73. The van der Waals surface area contributed by atoms with E-state index in [-0.39, 0.29) is 12.3 Å². The Hall–Kier alpha value is -1.51. The van der Waals surface area contributed by atoms with Crippen LogP contribution < -0.4 is 0 Å². The second-order valence-corrected chi connectivity index (χ2v) is 4.26. The molecule has 0 bridgehead atoms. The van der Waals surface area contributed by atoms with E-state index in [4.69, 9.17) is 5.11 Å². The van der Waals surface area contributed by atoms with E-state index in [0.29, 0.717) is 18.6 Å². The summed E-state index contributed by atoms with van der Waals surface area (Å²) in [4.78, 5) is 10.4. The lowest BCUT2D eigenvalue weighted by molar-refractivity contribution is -0.137. The van der Waals surface area contributed by atoms with Crippen LogP contribution in [0.3, 0.4) is 0 Å². The van der Waals surface area contributed by atoms with E-state index in [9.17, 15) is 9.90 Å². The Morgan fingerprint density at radius 3 is 2.62 bits per heavy atom. The second-order valence-electron chi connectivity index (χ2n) is 4.26. The van der Waals surface area contributed by atoms with Crippen molar-refractivity contribution in [3.8, 4) is 5.75 Å². The number of carboxylic acid groups (broad SMARTS) is 1. The smallest absolute Gasteiger partial charge is 0.303 e. The third kappa shape index (κ3) is 3.26. The summed E-state index contributed by atoms with van der Waals surface area (Å²) >= 11 is 0. The van der Waals surface area contributed by atoms with Gasteiger partial charge >= 0.3 is 5.97 Å². The topological polar surface area (TPSA) is 57.5 Å². The van der Waals surface area contributed by atoms with Gasteiger partial charge in [0.1, 0.15) is 5.75 Å². The first kappa shape index (κ1) is 12.6. The molecular weight excluding hydrogens is 204 g/mol. The van der Waals surface area contributed by atoms with Crippen molar-refractivity contribution in [1.82, 2.24) is 0 Å². The van der Waals surface area contributed by atoms with Gasteiger partial charge in [-0.3, -0.25) is 4.79 Å². The van der Waals surface area contributed by atoms with Gasteiger partial charge in [-0.25, -0.2) is 0 Å². The predicted molar refractivity (Wildman–Crippen MR) is 62.8 cm³/mol. The van der Waals surface area contributed by atoms with Crippen molar-refractivity contribution in [1.29, 1.82) is 0 Å². The van der Waals surface area contributed by atoms with E-state index in [1.54, 1.807) is 0 Å². The first-order chi connectivity index (χ1) is 7.52. The average Bonchev–Trinajstić information content (AvgIpc) is 2.19. The molecule has 0 aliphatic heterocycles. The number of benzene rings is 1. The van der Waals surface area contributed by atoms with Gasteiger partial charge < -0.3 is 10.2 Å². The summed E-state index contributed by atoms with van der Waals surface area (Å²) in [5, 5.41) is 18.5. The zero-order valence-electron chi connectivity index (χ0n) is 9.73. The summed E-state index contributed by atoms with van der Waals surface area (Å²) < 4.78 is 0. The second kappa shape index (κ2) is 5.54. The first-order valence-corrected chi connectivity index (χ1v) is 5.55. The van der Waals surface area contributed by atoms with Crippen LogP contribution in [0, 0.1) is 0 Å². The van der Waals surface area contributed by atoms with Crippen molar-refractivity contribution >= 4 is 5.97 Å². The Kier molecular flexibility index (Phi) is 4.35. The number of aliphatic carboxylic acids is 1. The third-order valence-corrected chi connectivity index (χ3v) is 2.61. The Bertz CT molecular complexity index is 369. The van der Waals surface area contributed by atoms with Gasteiger partial charge in [0.2, 0.25) is 0 Å². The fourth-order valence-corrected chi connectivity index (χ4v) is 1.71. The lowest BCUT2D eigenvalue weighted by atomic mass is 9.97. The Morgan fingerprint density at radius 1 is 1.38 bits per heavy atom. The minimum Gasteiger partial charge on any atom is -0.507 e. The molecule has 88 valence electrons. The fourth-order valence-electron chi connectivity index (χ4n) is 1.71. The highest BCUT2D eigenvalue weighted by molar-refractivity contribution is 5.66. The van der Waals surface area contributed by atoms with Crippen molar-refractivity contribution in [2.24, 2.45) is 0 Å². The highest BCUT2D eigenvalue weighted by Crippen LogP contribution is 2.29. The van der Waals surface area contributed by atoms with Gasteiger partial charge in [0.05, 0.1) is 0 Å². The van der Waals surface area contributed by atoms with Crippen molar-refractivity contribution in [2.75, 3.05) is 0 Å². The van der Waals surface area contributed by atoms with Crippen molar-refractivity contribution in [3.63, 3.8) is 0 Å². The largest absolute Gasteiger partial charge is 0.507 e. The molecule has 0 aliphatic rings. The first-order valence-electron chi connectivity index (χ1n) is 5.55. The summed E-state index contributed by atoms with van der Waals surface area (Å²) in [6, 6.07) is 5.66. The van der Waals surface area contributed by atoms with Gasteiger partial charge in [0.25, 0.3) is 0 Å². The van der Waals surface area contributed by atoms with Crippen LogP contribution in [-0.4, -0.2) is 16.2 Å². The third-order valence-electron chi connectivity index (χ3n) is 2.61. The molecule has 2 N–H and O–H groups in total. The molecule has 0 saturated carbocycles. The molecule has 16 heavy (non-hydrogen) atoms. The molecule has 0 unspecified atom stereocenters. The number of carboxylic acids is 1. The predicted octanol–water partition coefficient (Wildman–Crippen LogP) is 2.92. The van der Waals surface area contributed by atoms with E-state index >= 15 is 0 Å². The maximum atomic E-state index is 10.4. The quantitative estimate of drug-likeness (QED) is 0.805. The normalized spacial score (nSPS) is 10.7. The molecule has 1 rings (SSSR count). The zero-order chi connectivity index (χ0) is 12.1. The van der Waals surface area contributed by atoms with E-state index < -0.39 is 5.97 Å². The number of phenols is 1. The van der Waals surface area contributed by atoms with Crippen LogP contribution in [-0.2, 0) is 11.2 Å². The number of hydrogen-bond donors (Lipinski definition) is 2. The number of carbonyl (C=O) groups is 1. The molecule has 1 aromatic rings. The van der Waals surface area contributed by atoms with E-state index in [0.717, 1.165) is 11.1 Å². The highest BCUT2D eigenvalue weighted by atomic mass is 16.4. The van der Waals surface area contributed by atoms with Gasteiger partial charge in [0, 0.05) is 6.42 Å². The summed E-state index contributed by atoms with van der Waals surface area (Å²) in [5.74, 6) is -0.193. The molecule has 3 heteroatoms. The summed E-state index contributed by atoms with van der Waals surface area (Å²) in [6.07, 6.45) is 1.31. The van der Waals surface area contributed by atoms with E-state index in [1.807, 2.05) is 32.0 Å². The molecule has 0 spiro atoms. The minimum absolute atomic E-state index is 0.144. The van der Waals surface area contributed by atoms with Gasteiger partial charge in [-0.1, -0.05) is 32.0 Å². The fraction of sp³-hybridized carbons (Fsp3) is 0.462. The average molecular weight is 222 g/mol. The van der Waals surface area contributed by atoms with Crippen LogP contribution in [0.15, 0.2) is 18.2 Å². The zero-order valence-corrected chi connectivity index (χ0v) is 9.73. The van der Waals surface area contributed by atoms with Crippen LogP contribution in [0.5, 0.6) is 5.75 Å². The molecule has 0 heterocycles. The van der Waals surface area contributed by atoms with Gasteiger partial charge in [-0.15, -0.1) is 0 Å². The number of phenolic OH excluding ortho intramolecular Hbond substituents is 1. The number of para-hydroxylation sites is 1. The van der Waals surface area contributed by atoms with Gasteiger partial charge in [0.15, 0.2) is 0 Å². The lowest BCUT2D eigenvalue weighted by Crippen LogP contribution is -1.97. The van der Waals surface area contributed by atoms with E-state index in [1.165, 1.54) is 0 Å². The minimum atomic E-state index is -0.792. The Morgan fingerprint density at radius 2 is 2.06 bits per heavy atom. The van der Waals surface area contributed by atoms with Gasteiger partial charge in [-0.2, -0.15) is 0 Å². The SMILES string of the molecule is CC(C)c1cccc(CCCC(=O)O)c1O. The molecule has 0 aromatic heterocycles. The monoisotopic (exact) mass is 222 g/mol.